The van der Waals surface area contributed by atoms with Gasteiger partial charge in [-0.15, -0.1) is 0 Å². The summed E-state index contributed by atoms with van der Waals surface area (Å²) in [7, 11) is -7.03. The Morgan fingerprint density at radius 1 is 1.52 bits per heavy atom. The Morgan fingerprint density at radius 3 is 2.81 bits per heavy atom. The van der Waals surface area contributed by atoms with E-state index >= 15 is 0 Å². The lowest BCUT2D eigenvalue weighted by Gasteiger charge is -2.09. The molecule has 0 aromatic carbocycles. The van der Waals surface area contributed by atoms with Gasteiger partial charge >= 0.3 is 5.97 Å². The fourth-order valence-electron chi connectivity index (χ4n) is 1.99. The number of aromatic nitrogens is 2. The van der Waals surface area contributed by atoms with Gasteiger partial charge in [0.05, 0.1) is 30.7 Å². The molecule has 9 nitrogen and oxygen atoms in total. The first kappa shape index (κ1) is 15.9. The fraction of sp³-hybridized carbons (Fsp3) is 0.600. The van der Waals surface area contributed by atoms with Crippen molar-refractivity contribution in [1.82, 2.24) is 14.5 Å². The molecule has 1 unspecified atom stereocenters. The zero-order valence-electron chi connectivity index (χ0n) is 11.0. The zero-order valence-corrected chi connectivity index (χ0v) is 12.6. The molecule has 2 N–H and O–H groups in total. The van der Waals surface area contributed by atoms with Gasteiger partial charge in [0.25, 0.3) is 0 Å². The molecule has 1 aromatic heterocycles. The van der Waals surface area contributed by atoms with Crippen molar-refractivity contribution in [2.75, 3.05) is 11.5 Å². The van der Waals surface area contributed by atoms with Crippen LogP contribution in [0, 0.1) is 0 Å². The Kier molecular flexibility index (Phi) is 4.35. The van der Waals surface area contributed by atoms with E-state index in [0.717, 1.165) is 6.20 Å². The van der Waals surface area contributed by atoms with Gasteiger partial charge in [-0.2, -0.15) is 5.10 Å². The SMILES string of the molecule is O=C(O)CCn1cc(S(=O)(=O)NC2CCS(=O)(=O)C2)cn1. The highest BCUT2D eigenvalue weighted by atomic mass is 32.2. The molecule has 2 rings (SSSR count). The summed E-state index contributed by atoms with van der Waals surface area (Å²) in [4.78, 5) is 10.3. The molecule has 1 fully saturated rings. The van der Waals surface area contributed by atoms with Crippen LogP contribution in [0.15, 0.2) is 17.3 Å². The maximum atomic E-state index is 12.1. The van der Waals surface area contributed by atoms with Crippen molar-refractivity contribution in [1.29, 1.82) is 0 Å². The molecule has 1 aliphatic heterocycles. The standard InChI is InChI=1S/C10H15N3O6S2/c14-10(15)1-3-13-6-9(5-11-13)21(18,19)12-8-2-4-20(16,17)7-8/h5-6,8,12H,1-4,7H2,(H,14,15). The molecular formula is C10H15N3O6S2. The average molecular weight is 337 g/mol. The number of hydrogen-bond donors (Lipinski definition) is 2. The Labute approximate surface area is 121 Å². The number of nitrogens with zero attached hydrogens (tertiary/aromatic N) is 2. The fourth-order valence-corrected chi connectivity index (χ4v) is 4.99. The highest BCUT2D eigenvalue weighted by Gasteiger charge is 2.31. The Bertz CT molecular complexity index is 737. The van der Waals surface area contributed by atoms with Gasteiger partial charge in [0.1, 0.15) is 4.90 Å². The molecule has 118 valence electrons. The third-order valence-electron chi connectivity index (χ3n) is 3.03. The Morgan fingerprint density at radius 2 is 2.24 bits per heavy atom. The normalized spacial score (nSPS) is 21.4. The molecule has 0 saturated carbocycles. The highest BCUT2D eigenvalue weighted by molar-refractivity contribution is 7.92. The summed E-state index contributed by atoms with van der Waals surface area (Å²) in [6.45, 7) is 0.0582. The first-order valence-electron chi connectivity index (χ1n) is 6.15. The van der Waals surface area contributed by atoms with Crippen LogP contribution in [0.5, 0.6) is 0 Å². The Hall–Kier alpha value is -1.46. The number of rotatable bonds is 6. The average Bonchev–Trinajstić information content (AvgIpc) is 2.93. The quantitative estimate of drug-likeness (QED) is 0.667. The van der Waals surface area contributed by atoms with Crippen LogP contribution in [0.1, 0.15) is 12.8 Å². The lowest BCUT2D eigenvalue weighted by molar-refractivity contribution is -0.137. The van der Waals surface area contributed by atoms with Crippen molar-refractivity contribution in [3.63, 3.8) is 0 Å². The van der Waals surface area contributed by atoms with Crippen molar-refractivity contribution >= 4 is 25.8 Å². The predicted molar refractivity (Wildman–Crippen MR) is 71.9 cm³/mol. The second-order valence-corrected chi connectivity index (χ2v) is 8.75. The number of nitrogens with one attached hydrogen (secondary N) is 1. The van der Waals surface area contributed by atoms with E-state index in [1.165, 1.54) is 10.9 Å². The van der Waals surface area contributed by atoms with Crippen LogP contribution in [-0.4, -0.2) is 55.2 Å². The van der Waals surface area contributed by atoms with Gasteiger partial charge in [-0.25, -0.2) is 21.6 Å². The Balaban J connectivity index is 2.04. The van der Waals surface area contributed by atoms with E-state index in [9.17, 15) is 21.6 Å². The second-order valence-electron chi connectivity index (χ2n) is 4.80. The first-order valence-corrected chi connectivity index (χ1v) is 9.45. The first-order chi connectivity index (χ1) is 9.68. The minimum Gasteiger partial charge on any atom is -0.481 e. The van der Waals surface area contributed by atoms with Crippen molar-refractivity contribution in [2.24, 2.45) is 0 Å². The summed E-state index contributed by atoms with van der Waals surface area (Å²) in [5.74, 6) is -1.25. The summed E-state index contributed by atoms with van der Waals surface area (Å²) >= 11 is 0. The molecule has 0 radical (unpaired) electrons. The smallest absolute Gasteiger partial charge is 0.305 e. The third-order valence-corrected chi connectivity index (χ3v) is 6.27. The minimum atomic E-state index is -3.86. The van der Waals surface area contributed by atoms with Crippen LogP contribution < -0.4 is 4.72 Å². The summed E-state index contributed by atoms with van der Waals surface area (Å²) in [6, 6.07) is -0.637. The molecule has 0 aliphatic carbocycles. The molecule has 0 spiro atoms. The predicted octanol–water partition coefficient (Wildman–Crippen LogP) is -1.18. The molecule has 0 bridgehead atoms. The van der Waals surface area contributed by atoms with E-state index in [-0.39, 0.29) is 35.8 Å². The monoisotopic (exact) mass is 337 g/mol. The van der Waals surface area contributed by atoms with E-state index < -0.39 is 31.9 Å². The molecular weight excluding hydrogens is 322 g/mol. The lowest BCUT2D eigenvalue weighted by Crippen LogP contribution is -2.35. The lowest BCUT2D eigenvalue weighted by atomic mass is 10.3. The number of sulfone groups is 1. The number of aryl methyl sites for hydroxylation is 1. The van der Waals surface area contributed by atoms with Gasteiger partial charge in [-0.3, -0.25) is 9.48 Å². The van der Waals surface area contributed by atoms with Gasteiger partial charge < -0.3 is 5.11 Å². The molecule has 1 atom stereocenters. The summed E-state index contributed by atoms with van der Waals surface area (Å²) in [6.07, 6.45) is 2.40. The van der Waals surface area contributed by atoms with Crippen molar-refractivity contribution < 1.29 is 26.7 Å². The minimum absolute atomic E-state index is 0.0297. The van der Waals surface area contributed by atoms with Gasteiger partial charge in [-0.1, -0.05) is 0 Å². The third kappa shape index (κ3) is 4.25. The molecule has 1 aliphatic rings. The molecule has 1 saturated heterocycles. The van der Waals surface area contributed by atoms with E-state index in [2.05, 4.69) is 9.82 Å². The molecule has 0 amide bonds. The van der Waals surface area contributed by atoms with Crippen LogP contribution in [0.3, 0.4) is 0 Å². The maximum Gasteiger partial charge on any atom is 0.305 e. The maximum absolute atomic E-state index is 12.1. The number of aliphatic carboxylic acids is 1. The molecule has 1 aromatic rings. The van der Waals surface area contributed by atoms with Gasteiger partial charge in [0, 0.05) is 12.2 Å². The van der Waals surface area contributed by atoms with Gasteiger partial charge in [0.2, 0.25) is 10.0 Å². The number of sulfonamides is 1. The van der Waals surface area contributed by atoms with E-state index in [1.807, 2.05) is 0 Å². The van der Waals surface area contributed by atoms with Crippen LogP contribution in [-0.2, 0) is 31.2 Å². The van der Waals surface area contributed by atoms with Crippen molar-refractivity contribution in [3.8, 4) is 0 Å². The van der Waals surface area contributed by atoms with Gasteiger partial charge in [-0.05, 0) is 6.42 Å². The number of carboxylic acids is 1. The summed E-state index contributed by atoms with van der Waals surface area (Å²) in [5.41, 5.74) is 0. The number of carbonyl (C=O) groups is 1. The molecule has 2 heterocycles. The van der Waals surface area contributed by atoms with E-state index in [4.69, 9.17) is 5.11 Å². The number of hydrogen-bond acceptors (Lipinski definition) is 6. The summed E-state index contributed by atoms with van der Waals surface area (Å²) < 4.78 is 50.3. The number of carboxylic acid groups (broad SMARTS) is 1. The zero-order chi connectivity index (χ0) is 15.7. The van der Waals surface area contributed by atoms with Crippen LogP contribution in [0.4, 0.5) is 0 Å². The van der Waals surface area contributed by atoms with Crippen molar-refractivity contribution in [3.05, 3.63) is 12.4 Å². The van der Waals surface area contributed by atoms with Crippen LogP contribution >= 0.6 is 0 Å². The van der Waals surface area contributed by atoms with Crippen LogP contribution in [0.2, 0.25) is 0 Å². The largest absolute Gasteiger partial charge is 0.481 e. The second kappa shape index (κ2) is 5.73. The van der Waals surface area contributed by atoms with Crippen LogP contribution in [0.25, 0.3) is 0 Å². The van der Waals surface area contributed by atoms with Gasteiger partial charge in [0.15, 0.2) is 9.84 Å². The van der Waals surface area contributed by atoms with E-state index in [0.29, 0.717) is 0 Å². The molecule has 11 heteroatoms. The van der Waals surface area contributed by atoms with E-state index in [1.54, 1.807) is 0 Å². The topological polar surface area (TPSA) is 135 Å². The summed E-state index contributed by atoms with van der Waals surface area (Å²) in [5, 5.41) is 12.3. The highest BCUT2D eigenvalue weighted by Crippen LogP contribution is 2.15. The molecule has 21 heavy (non-hydrogen) atoms. The van der Waals surface area contributed by atoms with Crippen molar-refractivity contribution in [2.45, 2.75) is 30.3 Å².